The molecule has 1 N–H and O–H groups in total. The van der Waals surface area contributed by atoms with Crippen LogP contribution in [0.15, 0.2) is 30.3 Å². The molecule has 0 aliphatic heterocycles. The van der Waals surface area contributed by atoms with Crippen molar-refractivity contribution in [3.8, 4) is 0 Å². The van der Waals surface area contributed by atoms with Crippen LogP contribution in [0, 0.1) is 0 Å². The van der Waals surface area contributed by atoms with Gasteiger partial charge in [0, 0.05) is 18.8 Å². The fourth-order valence-electron chi connectivity index (χ4n) is 2.19. The van der Waals surface area contributed by atoms with Crippen LogP contribution < -0.4 is 5.19 Å². The van der Waals surface area contributed by atoms with E-state index in [1.807, 2.05) is 45.9 Å². The zero-order valence-electron chi connectivity index (χ0n) is 12.4. The van der Waals surface area contributed by atoms with Crippen LogP contribution in [-0.2, 0) is 8.85 Å². The third kappa shape index (κ3) is 5.07. The van der Waals surface area contributed by atoms with Crippen molar-refractivity contribution in [2.24, 2.45) is 0 Å². The van der Waals surface area contributed by atoms with Gasteiger partial charge in [-0.05, 0) is 45.3 Å². The molecule has 0 unspecified atom stereocenters. The maximum absolute atomic E-state index is 9.16. The molecule has 0 radical (unpaired) electrons. The normalized spacial score (nSPS) is 12.4. The van der Waals surface area contributed by atoms with E-state index in [0.29, 0.717) is 6.42 Å². The standard InChI is InChI=1S/C15H26O3Si/c1-13(2)17-19(12-8-11-16,18-14(3)4)15-9-6-5-7-10-15/h5-7,9-10,13-14,16H,8,11-12H2,1-4H3. The highest BCUT2D eigenvalue weighted by Crippen LogP contribution is 2.20. The maximum atomic E-state index is 9.16. The first-order valence-electron chi connectivity index (χ1n) is 7.02. The first-order chi connectivity index (χ1) is 9.00. The van der Waals surface area contributed by atoms with Crippen LogP contribution >= 0.6 is 0 Å². The molecule has 0 fully saturated rings. The molecular formula is C15H26O3Si. The van der Waals surface area contributed by atoms with Crippen LogP contribution in [0.1, 0.15) is 34.1 Å². The lowest BCUT2D eigenvalue weighted by Gasteiger charge is -2.34. The first kappa shape index (κ1) is 16.4. The van der Waals surface area contributed by atoms with Crippen molar-refractivity contribution < 1.29 is 14.0 Å². The Kier molecular flexibility index (Phi) is 6.72. The van der Waals surface area contributed by atoms with Crippen LogP contribution in [0.2, 0.25) is 6.04 Å². The van der Waals surface area contributed by atoms with Crippen LogP contribution in [0.4, 0.5) is 0 Å². The average molecular weight is 282 g/mol. The summed E-state index contributed by atoms with van der Waals surface area (Å²) in [4.78, 5) is 0. The van der Waals surface area contributed by atoms with Gasteiger partial charge in [0.05, 0.1) is 0 Å². The third-order valence-corrected chi connectivity index (χ3v) is 6.66. The number of aliphatic hydroxyl groups excluding tert-OH is 1. The van der Waals surface area contributed by atoms with Crippen molar-refractivity contribution >= 4 is 13.7 Å². The molecule has 0 saturated carbocycles. The van der Waals surface area contributed by atoms with E-state index in [0.717, 1.165) is 11.2 Å². The van der Waals surface area contributed by atoms with Crippen molar-refractivity contribution in [1.29, 1.82) is 0 Å². The first-order valence-corrected chi connectivity index (χ1v) is 9.04. The largest absolute Gasteiger partial charge is 0.396 e. The zero-order valence-corrected chi connectivity index (χ0v) is 13.4. The summed E-state index contributed by atoms with van der Waals surface area (Å²) in [5.74, 6) is 0. The van der Waals surface area contributed by atoms with E-state index in [4.69, 9.17) is 14.0 Å². The summed E-state index contributed by atoms with van der Waals surface area (Å²) in [6.45, 7) is 8.31. The highest BCUT2D eigenvalue weighted by molar-refractivity contribution is 6.81. The second-order valence-electron chi connectivity index (χ2n) is 5.28. The van der Waals surface area contributed by atoms with Gasteiger partial charge in [-0.2, -0.15) is 0 Å². The fraction of sp³-hybridized carbons (Fsp3) is 0.600. The molecule has 0 atom stereocenters. The molecule has 0 amide bonds. The summed E-state index contributed by atoms with van der Waals surface area (Å²) in [5.41, 5.74) is 0. The minimum atomic E-state index is -2.48. The summed E-state index contributed by atoms with van der Waals surface area (Å²) in [5, 5.41) is 10.3. The number of rotatable bonds is 8. The lowest BCUT2D eigenvalue weighted by Crippen LogP contribution is -2.56. The van der Waals surface area contributed by atoms with Crippen molar-refractivity contribution in [3.05, 3.63) is 30.3 Å². The average Bonchev–Trinajstić information content (AvgIpc) is 2.35. The van der Waals surface area contributed by atoms with Gasteiger partial charge < -0.3 is 14.0 Å². The number of aliphatic hydroxyl groups is 1. The Hall–Kier alpha value is -0.683. The van der Waals surface area contributed by atoms with Gasteiger partial charge in [0.2, 0.25) is 0 Å². The molecule has 0 saturated heterocycles. The van der Waals surface area contributed by atoms with Crippen molar-refractivity contribution in [2.75, 3.05) is 6.61 Å². The quantitative estimate of drug-likeness (QED) is 0.745. The van der Waals surface area contributed by atoms with E-state index in [1.165, 1.54) is 0 Å². The molecule has 108 valence electrons. The Morgan fingerprint density at radius 3 is 1.95 bits per heavy atom. The minimum Gasteiger partial charge on any atom is -0.396 e. The molecule has 0 bridgehead atoms. The SMILES string of the molecule is CC(C)O[Si](CCCO)(OC(C)C)c1ccccc1. The third-order valence-electron chi connectivity index (χ3n) is 2.73. The smallest absolute Gasteiger partial charge is 0.373 e. The molecule has 3 nitrogen and oxygen atoms in total. The molecule has 1 aromatic rings. The van der Waals surface area contributed by atoms with E-state index in [1.54, 1.807) is 0 Å². The van der Waals surface area contributed by atoms with E-state index < -0.39 is 8.56 Å². The maximum Gasteiger partial charge on any atom is 0.373 e. The Morgan fingerprint density at radius 1 is 1.00 bits per heavy atom. The molecule has 0 spiro atoms. The molecule has 19 heavy (non-hydrogen) atoms. The van der Waals surface area contributed by atoms with E-state index in [9.17, 15) is 0 Å². The Labute approximate surface area is 117 Å². The summed E-state index contributed by atoms with van der Waals surface area (Å²) in [7, 11) is -2.48. The lowest BCUT2D eigenvalue weighted by molar-refractivity contribution is 0.113. The topological polar surface area (TPSA) is 38.7 Å². The van der Waals surface area contributed by atoms with Gasteiger partial charge in [-0.3, -0.25) is 0 Å². The predicted molar refractivity (Wildman–Crippen MR) is 80.8 cm³/mol. The van der Waals surface area contributed by atoms with Gasteiger partial charge in [-0.25, -0.2) is 0 Å². The molecule has 0 aliphatic carbocycles. The van der Waals surface area contributed by atoms with Crippen molar-refractivity contribution in [1.82, 2.24) is 0 Å². The minimum absolute atomic E-state index is 0.115. The molecule has 1 aromatic carbocycles. The summed E-state index contributed by atoms with van der Waals surface area (Å²) in [6, 6.07) is 11.0. The fourth-order valence-corrected chi connectivity index (χ4v) is 5.89. The van der Waals surface area contributed by atoms with Gasteiger partial charge in [-0.15, -0.1) is 0 Å². The highest BCUT2D eigenvalue weighted by atomic mass is 28.4. The lowest BCUT2D eigenvalue weighted by atomic mass is 10.4. The van der Waals surface area contributed by atoms with Gasteiger partial charge in [0.25, 0.3) is 0 Å². The molecule has 1 rings (SSSR count). The molecule has 0 aliphatic rings. The second-order valence-corrected chi connectivity index (χ2v) is 8.33. The highest BCUT2D eigenvalue weighted by Gasteiger charge is 2.41. The van der Waals surface area contributed by atoms with E-state index in [-0.39, 0.29) is 18.8 Å². The Bertz CT molecular complexity index is 342. The van der Waals surface area contributed by atoms with Crippen LogP contribution in [0.5, 0.6) is 0 Å². The van der Waals surface area contributed by atoms with Gasteiger partial charge in [0.15, 0.2) is 0 Å². The number of hydrogen-bond acceptors (Lipinski definition) is 3. The van der Waals surface area contributed by atoms with Gasteiger partial charge in [-0.1, -0.05) is 30.3 Å². The van der Waals surface area contributed by atoms with Crippen LogP contribution in [-0.4, -0.2) is 32.5 Å². The molecule has 0 heterocycles. The molecular weight excluding hydrogens is 256 g/mol. The number of benzene rings is 1. The van der Waals surface area contributed by atoms with E-state index >= 15 is 0 Å². The second kappa shape index (κ2) is 7.80. The van der Waals surface area contributed by atoms with Crippen LogP contribution in [0.3, 0.4) is 0 Å². The predicted octanol–water partition coefficient (Wildman–Crippen LogP) is 2.57. The zero-order chi connectivity index (χ0) is 14.3. The summed E-state index contributed by atoms with van der Waals surface area (Å²) in [6.07, 6.45) is 0.939. The summed E-state index contributed by atoms with van der Waals surface area (Å²) < 4.78 is 12.5. The van der Waals surface area contributed by atoms with Gasteiger partial charge >= 0.3 is 8.56 Å². The van der Waals surface area contributed by atoms with E-state index in [2.05, 4.69) is 12.1 Å². The number of hydrogen-bond donors (Lipinski definition) is 1. The Balaban J connectivity index is 3.09. The van der Waals surface area contributed by atoms with Crippen molar-refractivity contribution in [3.63, 3.8) is 0 Å². The Morgan fingerprint density at radius 2 is 1.53 bits per heavy atom. The van der Waals surface area contributed by atoms with Crippen molar-refractivity contribution in [2.45, 2.75) is 52.4 Å². The van der Waals surface area contributed by atoms with Gasteiger partial charge in [0.1, 0.15) is 0 Å². The van der Waals surface area contributed by atoms with Crippen LogP contribution in [0.25, 0.3) is 0 Å². The molecule has 0 aromatic heterocycles. The molecule has 4 heteroatoms. The summed E-state index contributed by atoms with van der Waals surface area (Å²) >= 11 is 0. The monoisotopic (exact) mass is 282 g/mol.